The molecule has 1 saturated heterocycles. The molecule has 0 amide bonds. The Labute approximate surface area is 126 Å². The zero-order chi connectivity index (χ0) is 15.2. The molecule has 4 heteroatoms. The summed E-state index contributed by atoms with van der Waals surface area (Å²) in [6.45, 7) is 6.77. The van der Waals surface area contributed by atoms with Crippen LogP contribution in [0.5, 0.6) is 0 Å². The molecule has 0 spiro atoms. The minimum Gasteiger partial charge on any atom is -0.478 e. The highest BCUT2D eigenvalue weighted by Gasteiger charge is 2.25. The van der Waals surface area contributed by atoms with E-state index in [2.05, 4.69) is 24.8 Å². The summed E-state index contributed by atoms with van der Waals surface area (Å²) in [5.41, 5.74) is 2.12. The maximum absolute atomic E-state index is 10.7. The third-order valence-electron chi connectivity index (χ3n) is 3.89. The molecule has 114 valence electrons. The molecule has 2 rings (SSSR count). The molecule has 1 fully saturated rings. The molecule has 2 unspecified atom stereocenters. The van der Waals surface area contributed by atoms with Gasteiger partial charge in [0.15, 0.2) is 0 Å². The molecule has 2 atom stereocenters. The number of hydrogen-bond donors (Lipinski definition) is 1. The number of nitrogens with zero attached hydrogens (tertiary/aromatic N) is 1. The Morgan fingerprint density at radius 1 is 1.48 bits per heavy atom. The molecule has 1 aromatic rings. The Kier molecular flexibility index (Phi) is 5.53. The minimum atomic E-state index is -0.920. The largest absolute Gasteiger partial charge is 0.478 e. The topological polar surface area (TPSA) is 49.8 Å². The normalized spacial score (nSPS) is 23.5. The minimum absolute atomic E-state index is 0.245. The Morgan fingerprint density at radius 2 is 2.24 bits per heavy atom. The van der Waals surface area contributed by atoms with Crippen LogP contribution in [0.2, 0.25) is 0 Å². The molecule has 1 heterocycles. The maximum Gasteiger partial charge on any atom is 0.328 e. The van der Waals surface area contributed by atoms with Gasteiger partial charge in [-0.05, 0) is 30.5 Å². The second-order valence-electron chi connectivity index (χ2n) is 5.51. The molecule has 0 radical (unpaired) electrons. The van der Waals surface area contributed by atoms with Crippen LogP contribution in [0.4, 0.5) is 0 Å². The van der Waals surface area contributed by atoms with Crippen LogP contribution >= 0.6 is 0 Å². The van der Waals surface area contributed by atoms with Gasteiger partial charge in [-0.15, -0.1) is 0 Å². The van der Waals surface area contributed by atoms with Gasteiger partial charge in [0, 0.05) is 25.2 Å². The Morgan fingerprint density at radius 3 is 2.95 bits per heavy atom. The van der Waals surface area contributed by atoms with Crippen molar-refractivity contribution < 1.29 is 14.6 Å². The van der Waals surface area contributed by atoms with Gasteiger partial charge in [0.2, 0.25) is 0 Å². The van der Waals surface area contributed by atoms with Crippen LogP contribution in [-0.4, -0.2) is 41.3 Å². The first-order valence-electron chi connectivity index (χ1n) is 7.44. The van der Waals surface area contributed by atoms with Gasteiger partial charge >= 0.3 is 5.97 Å². The average molecular weight is 289 g/mol. The summed E-state index contributed by atoms with van der Waals surface area (Å²) in [4.78, 5) is 13.1. The number of rotatable bonds is 5. The fraction of sp³-hybridized carbons (Fsp3) is 0.471. The predicted molar refractivity (Wildman–Crippen MR) is 83.0 cm³/mol. The van der Waals surface area contributed by atoms with Crippen molar-refractivity contribution in [2.24, 2.45) is 0 Å². The fourth-order valence-electron chi connectivity index (χ4n) is 2.70. The summed E-state index contributed by atoms with van der Waals surface area (Å²) in [6, 6.07) is 8.38. The molecular formula is C17H23NO3. The lowest BCUT2D eigenvalue weighted by molar-refractivity contribution is -0.131. The summed E-state index contributed by atoms with van der Waals surface area (Å²) in [7, 11) is 0. The zero-order valence-corrected chi connectivity index (χ0v) is 12.7. The van der Waals surface area contributed by atoms with Crippen LogP contribution in [0.15, 0.2) is 30.3 Å². The highest BCUT2D eigenvalue weighted by Crippen LogP contribution is 2.20. The lowest BCUT2D eigenvalue weighted by Gasteiger charge is -2.38. The summed E-state index contributed by atoms with van der Waals surface area (Å²) < 4.78 is 5.73. The van der Waals surface area contributed by atoms with Crippen LogP contribution in [0, 0.1) is 0 Å². The smallest absolute Gasteiger partial charge is 0.328 e. The third-order valence-corrected chi connectivity index (χ3v) is 3.89. The molecule has 0 aliphatic carbocycles. The molecule has 1 N–H and O–H groups in total. The second-order valence-corrected chi connectivity index (χ2v) is 5.51. The van der Waals surface area contributed by atoms with Gasteiger partial charge < -0.3 is 9.84 Å². The van der Waals surface area contributed by atoms with E-state index in [9.17, 15) is 4.79 Å². The maximum atomic E-state index is 10.7. The summed E-state index contributed by atoms with van der Waals surface area (Å²) in [6.07, 6.45) is 4.16. The van der Waals surface area contributed by atoms with Crippen molar-refractivity contribution in [3.05, 3.63) is 41.5 Å². The van der Waals surface area contributed by atoms with E-state index < -0.39 is 5.97 Å². The quantitative estimate of drug-likeness (QED) is 0.847. The first kappa shape index (κ1) is 15.7. The first-order valence-corrected chi connectivity index (χ1v) is 7.44. The van der Waals surface area contributed by atoms with E-state index in [1.165, 1.54) is 6.08 Å². The molecule has 1 aliphatic rings. The van der Waals surface area contributed by atoms with Crippen LogP contribution in [-0.2, 0) is 16.1 Å². The van der Waals surface area contributed by atoms with E-state index in [-0.39, 0.29) is 6.10 Å². The van der Waals surface area contributed by atoms with Gasteiger partial charge in [0.1, 0.15) is 0 Å². The number of benzene rings is 1. The van der Waals surface area contributed by atoms with Crippen molar-refractivity contribution in [3.63, 3.8) is 0 Å². The summed E-state index contributed by atoms with van der Waals surface area (Å²) >= 11 is 0. The van der Waals surface area contributed by atoms with Crippen molar-refractivity contribution in [2.45, 2.75) is 39.0 Å². The van der Waals surface area contributed by atoms with Crippen LogP contribution < -0.4 is 0 Å². The lowest BCUT2D eigenvalue weighted by atomic mass is 10.0. The van der Waals surface area contributed by atoms with Crippen molar-refractivity contribution >= 4 is 12.0 Å². The van der Waals surface area contributed by atoms with Gasteiger partial charge in [0.25, 0.3) is 0 Å². The lowest BCUT2D eigenvalue weighted by Crippen LogP contribution is -2.47. The monoisotopic (exact) mass is 289 g/mol. The molecule has 21 heavy (non-hydrogen) atoms. The Hall–Kier alpha value is -1.65. The van der Waals surface area contributed by atoms with Gasteiger partial charge in [-0.2, -0.15) is 0 Å². The fourth-order valence-corrected chi connectivity index (χ4v) is 2.70. The number of carbonyl (C=O) groups is 1. The SMILES string of the molecule is CCC1COC(C)CN1Cc1ccccc1C=CC(=O)O. The van der Waals surface area contributed by atoms with Gasteiger partial charge in [-0.25, -0.2) is 4.79 Å². The van der Waals surface area contributed by atoms with Crippen LogP contribution in [0.3, 0.4) is 0 Å². The van der Waals surface area contributed by atoms with Crippen LogP contribution in [0.1, 0.15) is 31.4 Å². The van der Waals surface area contributed by atoms with E-state index in [0.29, 0.717) is 6.04 Å². The van der Waals surface area contributed by atoms with E-state index in [1.807, 2.05) is 18.2 Å². The van der Waals surface area contributed by atoms with E-state index in [4.69, 9.17) is 9.84 Å². The predicted octanol–water partition coefficient (Wildman–Crippen LogP) is 2.78. The highest BCUT2D eigenvalue weighted by molar-refractivity contribution is 5.85. The Bertz CT molecular complexity index is 513. The molecule has 1 aliphatic heterocycles. The molecule has 1 aromatic carbocycles. The third kappa shape index (κ3) is 4.41. The number of hydrogen-bond acceptors (Lipinski definition) is 3. The summed E-state index contributed by atoms with van der Waals surface area (Å²) in [5, 5.41) is 8.79. The number of aliphatic carboxylic acids is 1. The van der Waals surface area contributed by atoms with Crippen molar-refractivity contribution in [2.75, 3.05) is 13.2 Å². The van der Waals surface area contributed by atoms with Gasteiger partial charge in [-0.1, -0.05) is 31.2 Å². The molecule has 0 aromatic heterocycles. The average Bonchev–Trinajstić information content (AvgIpc) is 2.46. The van der Waals surface area contributed by atoms with E-state index in [0.717, 1.165) is 37.2 Å². The molecule has 4 nitrogen and oxygen atoms in total. The molecular weight excluding hydrogens is 266 g/mol. The van der Waals surface area contributed by atoms with E-state index >= 15 is 0 Å². The van der Waals surface area contributed by atoms with Gasteiger partial charge in [-0.3, -0.25) is 4.90 Å². The summed E-state index contributed by atoms with van der Waals surface area (Å²) in [5.74, 6) is -0.920. The van der Waals surface area contributed by atoms with Crippen molar-refractivity contribution in [1.82, 2.24) is 4.90 Å². The van der Waals surface area contributed by atoms with Crippen molar-refractivity contribution in [1.29, 1.82) is 0 Å². The number of ether oxygens (including phenoxy) is 1. The first-order chi connectivity index (χ1) is 10.1. The van der Waals surface area contributed by atoms with Crippen molar-refractivity contribution in [3.8, 4) is 0 Å². The number of carboxylic acids is 1. The molecule has 0 bridgehead atoms. The molecule has 0 saturated carbocycles. The highest BCUT2D eigenvalue weighted by atomic mass is 16.5. The number of carboxylic acid groups (broad SMARTS) is 1. The zero-order valence-electron chi connectivity index (χ0n) is 12.7. The van der Waals surface area contributed by atoms with Gasteiger partial charge in [0.05, 0.1) is 12.7 Å². The Balaban J connectivity index is 2.16. The standard InChI is InChI=1S/C17H23NO3/c1-3-16-12-21-13(2)10-18(16)11-15-7-5-4-6-14(15)8-9-17(19)20/h4-9,13,16H,3,10-12H2,1-2H3,(H,19,20). The second kappa shape index (κ2) is 7.38. The van der Waals surface area contributed by atoms with E-state index in [1.54, 1.807) is 6.08 Å². The van der Waals surface area contributed by atoms with Crippen LogP contribution in [0.25, 0.3) is 6.08 Å². The number of morpholine rings is 1.